The number of ether oxygens (including phenoxy) is 2. The van der Waals surface area contributed by atoms with Crippen LogP contribution < -0.4 is 4.74 Å². The zero-order valence-corrected chi connectivity index (χ0v) is 11.4. The molecular formula is C15H20O3. The van der Waals surface area contributed by atoms with E-state index in [1.54, 1.807) is 21.0 Å². The van der Waals surface area contributed by atoms with Crippen molar-refractivity contribution in [2.45, 2.75) is 27.2 Å². The number of esters is 1. The SMILES string of the molecule is CCOC(=O)C(C)=Cc1ccc(OC)c(CC)c1. The van der Waals surface area contributed by atoms with Crippen LogP contribution in [0.2, 0.25) is 0 Å². The predicted octanol–water partition coefficient (Wildman–Crippen LogP) is 3.22. The second-order valence-electron chi connectivity index (χ2n) is 3.97. The van der Waals surface area contributed by atoms with Gasteiger partial charge in [-0.25, -0.2) is 4.79 Å². The van der Waals surface area contributed by atoms with Crippen molar-refractivity contribution >= 4 is 12.0 Å². The molecule has 0 N–H and O–H groups in total. The zero-order chi connectivity index (χ0) is 13.5. The Balaban J connectivity index is 2.97. The molecule has 3 heteroatoms. The second-order valence-corrected chi connectivity index (χ2v) is 3.97. The molecule has 0 aliphatic rings. The third-order valence-electron chi connectivity index (χ3n) is 2.67. The van der Waals surface area contributed by atoms with Crippen LogP contribution in [0.5, 0.6) is 5.75 Å². The fraction of sp³-hybridized carbons (Fsp3) is 0.400. The highest BCUT2D eigenvalue weighted by Gasteiger charge is 2.06. The van der Waals surface area contributed by atoms with Gasteiger partial charge in [-0.3, -0.25) is 0 Å². The van der Waals surface area contributed by atoms with E-state index in [0.29, 0.717) is 12.2 Å². The molecule has 0 spiro atoms. The molecule has 0 fully saturated rings. The summed E-state index contributed by atoms with van der Waals surface area (Å²) in [7, 11) is 1.66. The molecule has 1 rings (SSSR count). The van der Waals surface area contributed by atoms with Gasteiger partial charge in [-0.15, -0.1) is 0 Å². The molecule has 0 aliphatic heterocycles. The number of carbonyl (C=O) groups is 1. The second kappa shape index (κ2) is 6.84. The maximum absolute atomic E-state index is 11.5. The van der Waals surface area contributed by atoms with Crippen LogP contribution in [0.3, 0.4) is 0 Å². The summed E-state index contributed by atoms with van der Waals surface area (Å²) < 4.78 is 10.2. The normalized spacial score (nSPS) is 11.2. The number of rotatable bonds is 5. The molecule has 0 aromatic heterocycles. The third kappa shape index (κ3) is 3.62. The van der Waals surface area contributed by atoms with Gasteiger partial charge in [0.05, 0.1) is 13.7 Å². The van der Waals surface area contributed by atoms with E-state index >= 15 is 0 Å². The van der Waals surface area contributed by atoms with Gasteiger partial charge in [0, 0.05) is 5.57 Å². The van der Waals surface area contributed by atoms with Crippen molar-refractivity contribution < 1.29 is 14.3 Å². The van der Waals surface area contributed by atoms with Crippen LogP contribution >= 0.6 is 0 Å². The molecule has 0 saturated carbocycles. The molecule has 98 valence electrons. The van der Waals surface area contributed by atoms with Crippen molar-refractivity contribution in [1.82, 2.24) is 0 Å². The topological polar surface area (TPSA) is 35.5 Å². The summed E-state index contributed by atoms with van der Waals surface area (Å²) >= 11 is 0. The number of aryl methyl sites for hydroxylation is 1. The van der Waals surface area contributed by atoms with E-state index in [4.69, 9.17) is 9.47 Å². The van der Waals surface area contributed by atoms with Gasteiger partial charge in [0.2, 0.25) is 0 Å². The smallest absolute Gasteiger partial charge is 0.333 e. The van der Waals surface area contributed by atoms with Gasteiger partial charge in [0.15, 0.2) is 0 Å². The molecule has 0 atom stereocenters. The fourth-order valence-electron chi connectivity index (χ4n) is 1.72. The molecule has 18 heavy (non-hydrogen) atoms. The van der Waals surface area contributed by atoms with Crippen molar-refractivity contribution in [3.63, 3.8) is 0 Å². The first kappa shape index (κ1) is 14.3. The first-order valence-corrected chi connectivity index (χ1v) is 6.14. The lowest BCUT2D eigenvalue weighted by Crippen LogP contribution is -2.04. The fourth-order valence-corrected chi connectivity index (χ4v) is 1.72. The van der Waals surface area contributed by atoms with Crippen LogP contribution in [0, 0.1) is 0 Å². The largest absolute Gasteiger partial charge is 0.496 e. The molecule has 3 nitrogen and oxygen atoms in total. The summed E-state index contributed by atoms with van der Waals surface area (Å²) in [6.45, 7) is 6.03. The van der Waals surface area contributed by atoms with Gasteiger partial charge in [0.1, 0.15) is 5.75 Å². The Morgan fingerprint density at radius 3 is 2.61 bits per heavy atom. The maximum Gasteiger partial charge on any atom is 0.333 e. The van der Waals surface area contributed by atoms with Crippen molar-refractivity contribution in [3.05, 3.63) is 34.9 Å². The van der Waals surface area contributed by atoms with Gasteiger partial charge >= 0.3 is 5.97 Å². The minimum Gasteiger partial charge on any atom is -0.496 e. The van der Waals surface area contributed by atoms with Crippen LogP contribution in [0.15, 0.2) is 23.8 Å². The average Bonchev–Trinajstić information content (AvgIpc) is 2.38. The van der Waals surface area contributed by atoms with Gasteiger partial charge < -0.3 is 9.47 Å². The van der Waals surface area contributed by atoms with E-state index in [-0.39, 0.29) is 5.97 Å². The van der Waals surface area contributed by atoms with Crippen molar-refractivity contribution in [2.24, 2.45) is 0 Å². The van der Waals surface area contributed by atoms with E-state index in [1.807, 2.05) is 24.3 Å². The first-order chi connectivity index (χ1) is 8.62. The molecule has 0 unspecified atom stereocenters. The Morgan fingerprint density at radius 1 is 1.33 bits per heavy atom. The Bertz CT molecular complexity index is 447. The summed E-state index contributed by atoms with van der Waals surface area (Å²) in [5.74, 6) is 0.606. The first-order valence-electron chi connectivity index (χ1n) is 6.14. The lowest BCUT2D eigenvalue weighted by Gasteiger charge is -2.08. The number of benzene rings is 1. The van der Waals surface area contributed by atoms with Gasteiger partial charge in [-0.1, -0.05) is 13.0 Å². The van der Waals surface area contributed by atoms with E-state index in [1.165, 1.54) is 0 Å². The molecule has 0 radical (unpaired) electrons. The minimum atomic E-state index is -0.272. The molecule has 0 amide bonds. The quantitative estimate of drug-likeness (QED) is 0.593. The highest BCUT2D eigenvalue weighted by Crippen LogP contribution is 2.21. The van der Waals surface area contributed by atoms with Crippen LogP contribution in [0.25, 0.3) is 6.08 Å². The van der Waals surface area contributed by atoms with Crippen molar-refractivity contribution in [3.8, 4) is 5.75 Å². The molecule has 0 heterocycles. The highest BCUT2D eigenvalue weighted by molar-refractivity contribution is 5.93. The van der Waals surface area contributed by atoms with Crippen LogP contribution in [-0.2, 0) is 16.0 Å². The summed E-state index contributed by atoms with van der Waals surface area (Å²) in [4.78, 5) is 11.5. The number of methoxy groups -OCH3 is 1. The van der Waals surface area contributed by atoms with Crippen LogP contribution in [-0.4, -0.2) is 19.7 Å². The van der Waals surface area contributed by atoms with Crippen LogP contribution in [0.4, 0.5) is 0 Å². The lowest BCUT2D eigenvalue weighted by molar-refractivity contribution is -0.138. The van der Waals surface area contributed by atoms with E-state index < -0.39 is 0 Å². The van der Waals surface area contributed by atoms with E-state index in [9.17, 15) is 4.79 Å². The number of hydrogen-bond acceptors (Lipinski definition) is 3. The van der Waals surface area contributed by atoms with E-state index in [2.05, 4.69) is 6.92 Å². The van der Waals surface area contributed by atoms with E-state index in [0.717, 1.165) is 23.3 Å². The molecule has 0 saturated heterocycles. The maximum atomic E-state index is 11.5. The molecule has 1 aromatic carbocycles. The Kier molecular flexibility index (Phi) is 5.43. The monoisotopic (exact) mass is 248 g/mol. The Hall–Kier alpha value is -1.77. The molecular weight excluding hydrogens is 228 g/mol. The summed E-state index contributed by atoms with van der Waals surface area (Å²) in [5.41, 5.74) is 2.71. The summed E-state index contributed by atoms with van der Waals surface area (Å²) in [6.07, 6.45) is 2.72. The number of carbonyl (C=O) groups excluding carboxylic acids is 1. The van der Waals surface area contributed by atoms with Crippen LogP contribution in [0.1, 0.15) is 31.9 Å². The van der Waals surface area contributed by atoms with Gasteiger partial charge in [0.25, 0.3) is 0 Å². The molecule has 1 aromatic rings. The Morgan fingerprint density at radius 2 is 2.06 bits per heavy atom. The minimum absolute atomic E-state index is 0.272. The predicted molar refractivity (Wildman–Crippen MR) is 72.7 cm³/mol. The van der Waals surface area contributed by atoms with Gasteiger partial charge in [-0.2, -0.15) is 0 Å². The molecule has 0 bridgehead atoms. The average molecular weight is 248 g/mol. The zero-order valence-electron chi connectivity index (χ0n) is 11.4. The Labute approximate surface area is 108 Å². The standard InChI is InChI=1S/C15H20O3/c1-5-13-10-12(7-8-14(13)17-4)9-11(3)15(16)18-6-2/h7-10H,5-6H2,1-4H3. The highest BCUT2D eigenvalue weighted by atomic mass is 16.5. The summed E-state index contributed by atoms with van der Waals surface area (Å²) in [6, 6.07) is 5.88. The van der Waals surface area contributed by atoms with Gasteiger partial charge in [-0.05, 0) is 49.6 Å². The number of hydrogen-bond donors (Lipinski definition) is 0. The molecule has 0 aliphatic carbocycles. The lowest BCUT2D eigenvalue weighted by atomic mass is 10.1. The van der Waals surface area contributed by atoms with Crippen molar-refractivity contribution in [1.29, 1.82) is 0 Å². The third-order valence-corrected chi connectivity index (χ3v) is 2.67. The van der Waals surface area contributed by atoms with Crippen molar-refractivity contribution in [2.75, 3.05) is 13.7 Å². The summed E-state index contributed by atoms with van der Waals surface area (Å²) in [5, 5.41) is 0.